The van der Waals surface area contributed by atoms with Crippen LogP contribution in [0.25, 0.3) is 0 Å². The van der Waals surface area contributed by atoms with E-state index >= 15 is 0 Å². The highest BCUT2D eigenvalue weighted by atomic mass is 16.5. The molecule has 1 aromatic heterocycles. The largest absolute Gasteiger partial charge is 0.497 e. The SMILES string of the molecule is COc1ccc2c(c1)CCCC2CNC(=O)NCc1cnccn1. The summed E-state index contributed by atoms with van der Waals surface area (Å²) in [4.78, 5) is 20.1. The van der Waals surface area contributed by atoms with Gasteiger partial charge in [-0.2, -0.15) is 0 Å². The van der Waals surface area contributed by atoms with E-state index in [2.05, 4.69) is 32.7 Å². The number of hydrogen-bond donors (Lipinski definition) is 2. The van der Waals surface area contributed by atoms with Crippen molar-refractivity contribution in [3.63, 3.8) is 0 Å². The van der Waals surface area contributed by atoms with Crippen molar-refractivity contribution in [3.8, 4) is 5.75 Å². The third kappa shape index (κ3) is 4.01. The van der Waals surface area contributed by atoms with Gasteiger partial charge in [0, 0.05) is 24.9 Å². The van der Waals surface area contributed by atoms with Crippen LogP contribution in [0.3, 0.4) is 0 Å². The Bertz CT molecular complexity index is 691. The summed E-state index contributed by atoms with van der Waals surface area (Å²) in [6.07, 6.45) is 8.16. The summed E-state index contributed by atoms with van der Waals surface area (Å²) < 4.78 is 5.30. The fourth-order valence-electron chi connectivity index (χ4n) is 3.10. The molecular weight excluding hydrogens is 304 g/mol. The minimum Gasteiger partial charge on any atom is -0.497 e. The molecule has 0 bridgehead atoms. The minimum absolute atomic E-state index is 0.179. The van der Waals surface area contributed by atoms with Crippen LogP contribution in [0.2, 0.25) is 0 Å². The van der Waals surface area contributed by atoms with Gasteiger partial charge >= 0.3 is 6.03 Å². The molecule has 24 heavy (non-hydrogen) atoms. The van der Waals surface area contributed by atoms with Crippen LogP contribution in [-0.2, 0) is 13.0 Å². The van der Waals surface area contributed by atoms with Gasteiger partial charge < -0.3 is 15.4 Å². The summed E-state index contributed by atoms with van der Waals surface area (Å²) >= 11 is 0. The second kappa shape index (κ2) is 7.77. The Kier molecular flexibility index (Phi) is 5.25. The molecule has 1 unspecified atom stereocenters. The van der Waals surface area contributed by atoms with Crippen molar-refractivity contribution in [1.29, 1.82) is 0 Å². The number of hydrogen-bond acceptors (Lipinski definition) is 4. The number of aromatic nitrogens is 2. The summed E-state index contributed by atoms with van der Waals surface area (Å²) in [7, 11) is 1.69. The third-order valence-electron chi connectivity index (χ3n) is 4.34. The topological polar surface area (TPSA) is 76.1 Å². The molecule has 2 amide bonds. The molecule has 3 rings (SSSR count). The Morgan fingerprint density at radius 3 is 3.04 bits per heavy atom. The number of fused-ring (bicyclic) bond motifs is 1. The van der Waals surface area contributed by atoms with E-state index in [-0.39, 0.29) is 6.03 Å². The zero-order valence-corrected chi connectivity index (χ0v) is 13.8. The summed E-state index contributed by atoms with van der Waals surface area (Å²) in [6.45, 7) is 1.00. The first-order valence-electron chi connectivity index (χ1n) is 8.19. The Morgan fingerprint density at radius 1 is 1.33 bits per heavy atom. The number of aryl methyl sites for hydroxylation is 1. The van der Waals surface area contributed by atoms with Gasteiger partial charge in [0.15, 0.2) is 0 Å². The molecule has 1 aliphatic carbocycles. The molecule has 0 radical (unpaired) electrons. The van der Waals surface area contributed by atoms with Gasteiger partial charge in [-0.1, -0.05) is 6.07 Å². The van der Waals surface area contributed by atoms with Crippen molar-refractivity contribution in [2.24, 2.45) is 0 Å². The van der Waals surface area contributed by atoms with Crippen molar-refractivity contribution in [2.45, 2.75) is 31.7 Å². The van der Waals surface area contributed by atoms with Crippen LogP contribution in [0.4, 0.5) is 4.79 Å². The van der Waals surface area contributed by atoms with Crippen molar-refractivity contribution in [1.82, 2.24) is 20.6 Å². The van der Waals surface area contributed by atoms with E-state index in [9.17, 15) is 4.79 Å². The molecule has 1 aromatic carbocycles. The van der Waals surface area contributed by atoms with E-state index < -0.39 is 0 Å². The molecular formula is C18H22N4O2. The van der Waals surface area contributed by atoms with E-state index in [1.165, 1.54) is 11.1 Å². The van der Waals surface area contributed by atoms with Crippen LogP contribution in [0.5, 0.6) is 5.75 Å². The normalized spacial score (nSPS) is 16.1. The fraction of sp³-hybridized carbons (Fsp3) is 0.389. The number of methoxy groups -OCH3 is 1. The van der Waals surface area contributed by atoms with Crippen molar-refractivity contribution in [2.75, 3.05) is 13.7 Å². The number of rotatable bonds is 5. The first-order valence-corrected chi connectivity index (χ1v) is 8.19. The Hall–Kier alpha value is -2.63. The first-order chi connectivity index (χ1) is 11.8. The van der Waals surface area contributed by atoms with E-state index in [4.69, 9.17) is 4.74 Å². The zero-order chi connectivity index (χ0) is 16.8. The minimum atomic E-state index is -0.179. The number of benzene rings is 1. The second-order valence-corrected chi connectivity index (χ2v) is 5.91. The van der Waals surface area contributed by atoms with Crippen LogP contribution >= 0.6 is 0 Å². The molecule has 1 atom stereocenters. The van der Waals surface area contributed by atoms with E-state index in [1.807, 2.05) is 6.07 Å². The number of carbonyl (C=O) groups is 1. The molecule has 0 fully saturated rings. The van der Waals surface area contributed by atoms with Gasteiger partial charge in [0.05, 0.1) is 25.5 Å². The van der Waals surface area contributed by atoms with Gasteiger partial charge in [0.1, 0.15) is 5.75 Å². The average Bonchev–Trinajstić information content (AvgIpc) is 2.65. The lowest BCUT2D eigenvalue weighted by atomic mass is 9.82. The number of amides is 2. The Morgan fingerprint density at radius 2 is 2.25 bits per heavy atom. The maximum atomic E-state index is 12.0. The smallest absolute Gasteiger partial charge is 0.315 e. The van der Waals surface area contributed by atoms with Crippen LogP contribution in [0, 0.1) is 0 Å². The number of ether oxygens (including phenoxy) is 1. The third-order valence-corrected chi connectivity index (χ3v) is 4.34. The van der Waals surface area contributed by atoms with Crippen LogP contribution in [0.1, 0.15) is 35.6 Å². The standard InChI is InChI=1S/C18H22N4O2/c1-24-16-5-6-17-13(9-16)3-2-4-14(17)10-21-18(23)22-12-15-11-19-7-8-20-15/h5-9,11,14H,2-4,10,12H2,1H3,(H2,21,22,23). The summed E-state index contributed by atoms with van der Waals surface area (Å²) in [5.41, 5.74) is 3.38. The molecule has 0 spiro atoms. The molecule has 6 heteroatoms. The molecule has 0 aliphatic heterocycles. The Labute approximate surface area is 141 Å². The van der Waals surface area contributed by atoms with E-state index in [1.54, 1.807) is 25.7 Å². The highest BCUT2D eigenvalue weighted by molar-refractivity contribution is 5.73. The number of carbonyl (C=O) groups excluding carboxylic acids is 1. The number of urea groups is 1. The van der Waals surface area contributed by atoms with Gasteiger partial charge in [0.25, 0.3) is 0 Å². The molecule has 126 valence electrons. The van der Waals surface area contributed by atoms with Crippen molar-refractivity contribution >= 4 is 6.03 Å². The number of nitrogens with zero attached hydrogens (tertiary/aromatic N) is 2. The van der Waals surface area contributed by atoms with Crippen molar-refractivity contribution < 1.29 is 9.53 Å². The first kappa shape index (κ1) is 16.2. The lowest BCUT2D eigenvalue weighted by molar-refractivity contribution is 0.239. The summed E-state index contributed by atoms with van der Waals surface area (Å²) in [6, 6.07) is 6.04. The lowest BCUT2D eigenvalue weighted by Gasteiger charge is -2.26. The van der Waals surface area contributed by atoms with E-state index in [0.717, 1.165) is 30.7 Å². The highest BCUT2D eigenvalue weighted by Crippen LogP contribution is 2.33. The molecule has 0 saturated carbocycles. The Balaban J connectivity index is 1.53. The van der Waals surface area contributed by atoms with Crippen LogP contribution in [0.15, 0.2) is 36.8 Å². The van der Waals surface area contributed by atoms with Gasteiger partial charge in [-0.15, -0.1) is 0 Å². The molecule has 2 N–H and O–H groups in total. The number of nitrogens with one attached hydrogen (secondary N) is 2. The lowest BCUT2D eigenvalue weighted by Crippen LogP contribution is -2.38. The fourth-order valence-corrected chi connectivity index (χ4v) is 3.10. The van der Waals surface area contributed by atoms with Gasteiger partial charge in [-0.05, 0) is 42.5 Å². The van der Waals surface area contributed by atoms with Crippen molar-refractivity contribution in [3.05, 3.63) is 53.6 Å². The quantitative estimate of drug-likeness (QED) is 0.884. The molecule has 1 heterocycles. The zero-order valence-electron chi connectivity index (χ0n) is 13.8. The molecule has 6 nitrogen and oxygen atoms in total. The predicted octanol–water partition coefficient (Wildman–Crippen LogP) is 2.40. The summed E-state index contributed by atoms with van der Waals surface area (Å²) in [5, 5.41) is 5.77. The van der Waals surface area contributed by atoms with Gasteiger partial charge in [-0.3, -0.25) is 9.97 Å². The summed E-state index contributed by atoms with van der Waals surface area (Å²) in [5.74, 6) is 1.24. The molecule has 1 aliphatic rings. The predicted molar refractivity (Wildman–Crippen MR) is 90.9 cm³/mol. The average molecular weight is 326 g/mol. The van der Waals surface area contributed by atoms with E-state index in [0.29, 0.717) is 19.0 Å². The van der Waals surface area contributed by atoms with Gasteiger partial charge in [0.2, 0.25) is 0 Å². The van der Waals surface area contributed by atoms with Crippen LogP contribution < -0.4 is 15.4 Å². The second-order valence-electron chi connectivity index (χ2n) is 5.91. The highest BCUT2D eigenvalue weighted by Gasteiger charge is 2.21. The monoisotopic (exact) mass is 326 g/mol. The maximum absolute atomic E-state index is 12.0. The van der Waals surface area contributed by atoms with Crippen LogP contribution in [-0.4, -0.2) is 29.7 Å². The maximum Gasteiger partial charge on any atom is 0.315 e. The molecule has 0 saturated heterocycles. The van der Waals surface area contributed by atoms with Gasteiger partial charge in [-0.25, -0.2) is 4.79 Å². The molecule has 2 aromatic rings.